The Kier molecular flexibility index (Phi) is 6.06. The summed E-state index contributed by atoms with van der Waals surface area (Å²) < 4.78 is 5.53. The maximum Gasteiger partial charge on any atom is 0.274 e. The van der Waals surface area contributed by atoms with Gasteiger partial charge in [0.1, 0.15) is 11.4 Å². The summed E-state index contributed by atoms with van der Waals surface area (Å²) in [4.78, 5) is 31.3. The molecule has 1 N–H and O–H groups in total. The molecule has 1 aromatic heterocycles. The lowest BCUT2D eigenvalue weighted by Gasteiger charge is -2.30. The van der Waals surface area contributed by atoms with Crippen molar-refractivity contribution in [2.24, 2.45) is 5.92 Å². The zero-order valence-corrected chi connectivity index (χ0v) is 15.8. The van der Waals surface area contributed by atoms with E-state index in [9.17, 15) is 9.59 Å². The number of hydrogen-bond acceptors (Lipinski definition) is 4. The van der Waals surface area contributed by atoms with Crippen molar-refractivity contribution in [3.05, 3.63) is 53.9 Å². The summed E-state index contributed by atoms with van der Waals surface area (Å²) in [6.45, 7) is 6.11. The SMILES string of the molecule is CCOc1ccccc1NC(=O)c1cc(C(=O)N2CCC(C)CC2)ccn1. The van der Waals surface area contributed by atoms with Gasteiger partial charge in [-0.15, -0.1) is 0 Å². The number of pyridine rings is 1. The first-order valence-electron chi connectivity index (χ1n) is 9.37. The van der Waals surface area contributed by atoms with Gasteiger partial charge in [0.25, 0.3) is 11.8 Å². The number of para-hydroxylation sites is 2. The number of nitrogens with one attached hydrogen (secondary N) is 1. The molecule has 0 saturated carbocycles. The van der Waals surface area contributed by atoms with E-state index in [1.54, 1.807) is 24.3 Å². The lowest BCUT2D eigenvalue weighted by molar-refractivity contribution is 0.0697. The number of nitrogens with zero attached hydrogens (tertiary/aromatic N) is 2. The molecule has 2 amide bonds. The third-order valence-electron chi connectivity index (χ3n) is 4.75. The summed E-state index contributed by atoms with van der Waals surface area (Å²) in [5.74, 6) is 0.832. The molecule has 142 valence electrons. The van der Waals surface area contributed by atoms with Crippen LogP contribution in [0.3, 0.4) is 0 Å². The van der Waals surface area contributed by atoms with E-state index < -0.39 is 0 Å². The number of anilines is 1. The highest BCUT2D eigenvalue weighted by molar-refractivity contribution is 6.05. The highest BCUT2D eigenvalue weighted by atomic mass is 16.5. The lowest BCUT2D eigenvalue weighted by Crippen LogP contribution is -2.38. The summed E-state index contributed by atoms with van der Waals surface area (Å²) in [6.07, 6.45) is 3.53. The molecule has 2 aromatic rings. The number of likely N-dealkylation sites (tertiary alicyclic amines) is 1. The number of rotatable bonds is 5. The molecule has 0 atom stereocenters. The first-order chi connectivity index (χ1) is 13.1. The molecule has 3 rings (SSSR count). The van der Waals surface area contributed by atoms with Crippen molar-refractivity contribution in [2.75, 3.05) is 25.0 Å². The van der Waals surface area contributed by atoms with Crippen LogP contribution in [0.15, 0.2) is 42.6 Å². The molecule has 0 radical (unpaired) electrons. The van der Waals surface area contributed by atoms with Crippen LogP contribution in [0, 0.1) is 5.92 Å². The van der Waals surface area contributed by atoms with E-state index in [1.165, 1.54) is 6.20 Å². The van der Waals surface area contributed by atoms with Crippen molar-refractivity contribution < 1.29 is 14.3 Å². The second-order valence-electron chi connectivity index (χ2n) is 6.79. The van der Waals surface area contributed by atoms with Crippen LogP contribution in [0.4, 0.5) is 5.69 Å². The smallest absolute Gasteiger partial charge is 0.274 e. The van der Waals surface area contributed by atoms with Crippen LogP contribution in [0.25, 0.3) is 0 Å². The fourth-order valence-electron chi connectivity index (χ4n) is 3.12. The number of amides is 2. The van der Waals surface area contributed by atoms with Gasteiger partial charge in [-0.2, -0.15) is 0 Å². The Balaban J connectivity index is 1.73. The molecule has 2 heterocycles. The minimum absolute atomic E-state index is 0.0481. The zero-order valence-electron chi connectivity index (χ0n) is 15.8. The van der Waals surface area contributed by atoms with E-state index in [0.717, 1.165) is 25.9 Å². The van der Waals surface area contributed by atoms with Crippen molar-refractivity contribution in [1.82, 2.24) is 9.88 Å². The van der Waals surface area contributed by atoms with Crippen LogP contribution in [-0.4, -0.2) is 41.4 Å². The van der Waals surface area contributed by atoms with Gasteiger partial charge in [-0.05, 0) is 49.9 Å². The van der Waals surface area contributed by atoms with E-state index in [-0.39, 0.29) is 17.5 Å². The highest BCUT2D eigenvalue weighted by Crippen LogP contribution is 2.24. The van der Waals surface area contributed by atoms with Gasteiger partial charge >= 0.3 is 0 Å². The Morgan fingerprint density at radius 1 is 1.22 bits per heavy atom. The highest BCUT2D eigenvalue weighted by Gasteiger charge is 2.22. The molecule has 0 bridgehead atoms. The molecule has 1 saturated heterocycles. The number of ether oxygens (including phenoxy) is 1. The Morgan fingerprint density at radius 3 is 2.70 bits per heavy atom. The van der Waals surface area contributed by atoms with Gasteiger partial charge in [0.2, 0.25) is 0 Å². The Labute approximate surface area is 159 Å². The van der Waals surface area contributed by atoms with E-state index in [4.69, 9.17) is 4.74 Å². The molecule has 6 heteroatoms. The lowest BCUT2D eigenvalue weighted by atomic mass is 9.98. The van der Waals surface area contributed by atoms with Crippen LogP contribution < -0.4 is 10.1 Å². The van der Waals surface area contributed by atoms with Gasteiger partial charge in [-0.25, -0.2) is 0 Å². The molecule has 1 aliphatic rings. The molecule has 1 fully saturated rings. The molecule has 0 aliphatic carbocycles. The fourth-order valence-corrected chi connectivity index (χ4v) is 3.12. The number of carbonyl (C=O) groups excluding carboxylic acids is 2. The molecule has 27 heavy (non-hydrogen) atoms. The first kappa shape index (κ1) is 18.9. The Hall–Kier alpha value is -2.89. The van der Waals surface area contributed by atoms with Crippen molar-refractivity contribution in [3.63, 3.8) is 0 Å². The number of aromatic nitrogens is 1. The molecule has 1 aromatic carbocycles. The van der Waals surface area contributed by atoms with Crippen LogP contribution in [0.2, 0.25) is 0 Å². The van der Waals surface area contributed by atoms with Crippen LogP contribution >= 0.6 is 0 Å². The number of piperidine rings is 1. The molecule has 0 unspecified atom stereocenters. The average molecular weight is 367 g/mol. The molecular weight excluding hydrogens is 342 g/mol. The second kappa shape index (κ2) is 8.66. The fraction of sp³-hybridized carbons (Fsp3) is 0.381. The predicted octanol–water partition coefficient (Wildman–Crippen LogP) is 3.60. The number of carbonyl (C=O) groups is 2. The Morgan fingerprint density at radius 2 is 1.96 bits per heavy atom. The minimum atomic E-state index is -0.371. The zero-order chi connectivity index (χ0) is 19.2. The monoisotopic (exact) mass is 367 g/mol. The molecular formula is C21H25N3O3. The van der Waals surface area contributed by atoms with E-state index in [0.29, 0.717) is 29.5 Å². The quantitative estimate of drug-likeness (QED) is 0.876. The van der Waals surface area contributed by atoms with Crippen molar-refractivity contribution in [2.45, 2.75) is 26.7 Å². The third kappa shape index (κ3) is 4.64. The number of hydrogen-bond donors (Lipinski definition) is 1. The Bertz CT molecular complexity index is 814. The first-order valence-corrected chi connectivity index (χ1v) is 9.37. The van der Waals surface area contributed by atoms with Crippen molar-refractivity contribution in [3.8, 4) is 5.75 Å². The largest absolute Gasteiger partial charge is 0.492 e. The predicted molar refractivity (Wildman–Crippen MR) is 104 cm³/mol. The second-order valence-corrected chi connectivity index (χ2v) is 6.79. The summed E-state index contributed by atoms with van der Waals surface area (Å²) in [5, 5.41) is 2.81. The normalized spacial score (nSPS) is 14.7. The van der Waals surface area contributed by atoms with Crippen LogP contribution in [0.5, 0.6) is 5.75 Å². The summed E-state index contributed by atoms with van der Waals surface area (Å²) >= 11 is 0. The average Bonchev–Trinajstić information content (AvgIpc) is 2.70. The van der Waals surface area contributed by atoms with Crippen molar-refractivity contribution in [1.29, 1.82) is 0 Å². The van der Waals surface area contributed by atoms with Gasteiger partial charge in [-0.3, -0.25) is 14.6 Å². The maximum absolute atomic E-state index is 12.7. The standard InChI is InChI=1S/C21H25N3O3/c1-3-27-19-7-5-4-6-17(19)23-20(25)18-14-16(8-11-22-18)21(26)24-12-9-15(2)10-13-24/h4-8,11,14-15H,3,9-10,12-13H2,1-2H3,(H,23,25). The van der Waals surface area contributed by atoms with Gasteiger partial charge in [-0.1, -0.05) is 19.1 Å². The summed E-state index contributed by atoms with van der Waals surface area (Å²) in [6, 6.07) is 10.4. The van der Waals surface area contributed by atoms with Crippen LogP contribution in [-0.2, 0) is 0 Å². The van der Waals surface area contributed by atoms with Gasteiger partial charge < -0.3 is 15.0 Å². The van der Waals surface area contributed by atoms with Gasteiger partial charge in [0.05, 0.1) is 12.3 Å². The third-order valence-corrected chi connectivity index (χ3v) is 4.75. The van der Waals surface area contributed by atoms with Crippen LogP contribution in [0.1, 0.15) is 47.5 Å². The van der Waals surface area contributed by atoms with Crippen molar-refractivity contribution >= 4 is 17.5 Å². The maximum atomic E-state index is 12.7. The minimum Gasteiger partial charge on any atom is -0.492 e. The van der Waals surface area contributed by atoms with E-state index in [1.807, 2.05) is 24.0 Å². The van der Waals surface area contributed by atoms with E-state index in [2.05, 4.69) is 17.2 Å². The summed E-state index contributed by atoms with van der Waals surface area (Å²) in [7, 11) is 0. The summed E-state index contributed by atoms with van der Waals surface area (Å²) in [5.41, 5.74) is 1.27. The molecule has 1 aliphatic heterocycles. The topological polar surface area (TPSA) is 71.5 Å². The van der Waals surface area contributed by atoms with E-state index >= 15 is 0 Å². The van der Waals surface area contributed by atoms with Gasteiger partial charge in [0.15, 0.2) is 0 Å². The molecule has 6 nitrogen and oxygen atoms in total. The van der Waals surface area contributed by atoms with Gasteiger partial charge in [0, 0.05) is 24.8 Å². The number of benzene rings is 1. The molecule has 0 spiro atoms.